The van der Waals surface area contributed by atoms with Gasteiger partial charge in [0.15, 0.2) is 0 Å². The lowest BCUT2D eigenvalue weighted by Crippen LogP contribution is -2.07. The quantitative estimate of drug-likeness (QED) is 0.834. The Morgan fingerprint density at radius 1 is 1.11 bits per heavy atom. The van der Waals surface area contributed by atoms with Crippen LogP contribution in [-0.2, 0) is 0 Å². The van der Waals surface area contributed by atoms with Gasteiger partial charge in [0, 0.05) is 16.2 Å². The second kappa shape index (κ2) is 5.53. The van der Waals surface area contributed by atoms with E-state index in [1.807, 2.05) is 12.1 Å². The van der Waals surface area contributed by atoms with Crippen molar-refractivity contribution in [3.05, 3.63) is 63.9 Å². The van der Waals surface area contributed by atoms with Gasteiger partial charge in [0.1, 0.15) is 5.82 Å². The lowest BCUT2D eigenvalue weighted by molar-refractivity contribution is 0.625. The fraction of sp³-hybridized carbons (Fsp3) is 0.200. The fourth-order valence-corrected chi connectivity index (χ4v) is 2.52. The van der Waals surface area contributed by atoms with Crippen LogP contribution in [0.5, 0.6) is 0 Å². The predicted octanol–water partition coefficient (Wildman–Crippen LogP) is 5.07. The minimum atomic E-state index is -0.229. The van der Waals surface area contributed by atoms with Crippen molar-refractivity contribution in [3.8, 4) is 0 Å². The monoisotopic (exact) mass is 307 g/mol. The largest absolute Gasteiger partial charge is 0.378 e. The van der Waals surface area contributed by atoms with Crippen LogP contribution in [0.25, 0.3) is 0 Å². The van der Waals surface area contributed by atoms with Gasteiger partial charge in [-0.15, -0.1) is 0 Å². The Balaban J connectivity index is 2.16. The number of nitrogens with one attached hydrogen (secondary N) is 1. The Hall–Kier alpha value is -1.35. The molecule has 2 rings (SSSR count). The van der Waals surface area contributed by atoms with Gasteiger partial charge in [-0.05, 0) is 43.7 Å². The number of halogens is 2. The van der Waals surface area contributed by atoms with Crippen LogP contribution in [0, 0.1) is 12.7 Å². The second-order valence-corrected chi connectivity index (χ2v) is 5.25. The minimum absolute atomic E-state index is 0.114. The van der Waals surface area contributed by atoms with Crippen molar-refractivity contribution < 1.29 is 4.39 Å². The van der Waals surface area contributed by atoms with E-state index in [4.69, 9.17) is 0 Å². The molecule has 2 aromatic carbocycles. The predicted molar refractivity (Wildman–Crippen MR) is 77.3 cm³/mol. The molecular formula is C15H15BrFN. The van der Waals surface area contributed by atoms with Gasteiger partial charge in [-0.25, -0.2) is 4.39 Å². The number of hydrogen-bond acceptors (Lipinski definition) is 1. The first-order chi connectivity index (χ1) is 8.56. The molecule has 3 heteroatoms. The molecule has 0 aromatic heterocycles. The molecule has 0 fully saturated rings. The summed E-state index contributed by atoms with van der Waals surface area (Å²) in [7, 11) is 0. The van der Waals surface area contributed by atoms with E-state index in [0.717, 1.165) is 15.7 Å². The first-order valence-corrected chi connectivity index (χ1v) is 6.64. The summed E-state index contributed by atoms with van der Waals surface area (Å²) < 4.78 is 13.8. The Kier molecular flexibility index (Phi) is 4.02. The van der Waals surface area contributed by atoms with Crippen LogP contribution in [0.15, 0.2) is 46.9 Å². The molecule has 0 aliphatic rings. The van der Waals surface area contributed by atoms with Crippen LogP contribution >= 0.6 is 15.9 Å². The van der Waals surface area contributed by atoms with Gasteiger partial charge in [-0.1, -0.05) is 39.7 Å². The fourth-order valence-electron chi connectivity index (χ4n) is 1.83. The van der Waals surface area contributed by atoms with Gasteiger partial charge in [0.25, 0.3) is 0 Å². The van der Waals surface area contributed by atoms with Crippen LogP contribution in [0.2, 0.25) is 0 Å². The normalized spacial score (nSPS) is 12.2. The van der Waals surface area contributed by atoms with E-state index in [9.17, 15) is 4.39 Å². The van der Waals surface area contributed by atoms with Crippen molar-refractivity contribution in [1.82, 2.24) is 0 Å². The lowest BCUT2D eigenvalue weighted by Gasteiger charge is -2.17. The number of rotatable bonds is 3. The number of benzene rings is 2. The van der Waals surface area contributed by atoms with Crippen LogP contribution in [0.4, 0.5) is 10.1 Å². The minimum Gasteiger partial charge on any atom is -0.378 e. The molecule has 94 valence electrons. The molecule has 0 amide bonds. The summed E-state index contributed by atoms with van der Waals surface area (Å²) in [6.07, 6.45) is 0. The zero-order chi connectivity index (χ0) is 13.1. The van der Waals surface area contributed by atoms with Crippen LogP contribution < -0.4 is 5.32 Å². The highest BCUT2D eigenvalue weighted by atomic mass is 79.9. The number of hydrogen-bond donors (Lipinski definition) is 1. The summed E-state index contributed by atoms with van der Waals surface area (Å²) in [5.41, 5.74) is 3.33. The highest BCUT2D eigenvalue weighted by molar-refractivity contribution is 9.10. The van der Waals surface area contributed by atoms with Gasteiger partial charge in [0.05, 0.1) is 0 Å². The Labute approximate surface area is 115 Å². The van der Waals surface area contributed by atoms with Crippen LogP contribution in [0.1, 0.15) is 24.1 Å². The van der Waals surface area contributed by atoms with Crippen molar-refractivity contribution in [2.75, 3.05) is 5.32 Å². The Morgan fingerprint density at radius 3 is 2.39 bits per heavy atom. The smallest absolute Gasteiger partial charge is 0.124 e. The van der Waals surface area contributed by atoms with E-state index in [0.29, 0.717) is 0 Å². The van der Waals surface area contributed by atoms with Gasteiger partial charge >= 0.3 is 0 Å². The molecule has 0 radical (unpaired) electrons. The molecule has 1 unspecified atom stereocenters. The SMILES string of the molecule is Cc1ccc(NC(C)c2ccc(F)cc2Br)cc1. The second-order valence-electron chi connectivity index (χ2n) is 4.40. The van der Waals surface area contributed by atoms with E-state index < -0.39 is 0 Å². The van der Waals surface area contributed by atoms with Crippen molar-refractivity contribution in [3.63, 3.8) is 0 Å². The molecule has 0 heterocycles. The molecule has 18 heavy (non-hydrogen) atoms. The molecule has 0 aliphatic carbocycles. The van der Waals surface area contributed by atoms with E-state index in [-0.39, 0.29) is 11.9 Å². The van der Waals surface area contributed by atoms with E-state index in [1.54, 1.807) is 6.07 Å². The van der Waals surface area contributed by atoms with Crippen molar-refractivity contribution >= 4 is 21.6 Å². The first-order valence-electron chi connectivity index (χ1n) is 5.84. The van der Waals surface area contributed by atoms with Crippen molar-refractivity contribution in [2.24, 2.45) is 0 Å². The highest BCUT2D eigenvalue weighted by Crippen LogP contribution is 2.27. The Bertz CT molecular complexity index is 537. The van der Waals surface area contributed by atoms with E-state index >= 15 is 0 Å². The zero-order valence-electron chi connectivity index (χ0n) is 10.4. The van der Waals surface area contributed by atoms with Crippen LogP contribution in [-0.4, -0.2) is 0 Å². The average Bonchev–Trinajstić information content (AvgIpc) is 2.32. The summed E-state index contributed by atoms with van der Waals surface area (Å²) in [4.78, 5) is 0. The molecule has 0 aliphatic heterocycles. The molecule has 0 saturated heterocycles. The van der Waals surface area contributed by atoms with Gasteiger partial charge in [-0.3, -0.25) is 0 Å². The summed E-state index contributed by atoms with van der Waals surface area (Å²) in [5, 5.41) is 3.39. The maximum atomic E-state index is 13.0. The summed E-state index contributed by atoms with van der Waals surface area (Å²) >= 11 is 3.39. The molecule has 1 atom stereocenters. The third-order valence-corrected chi connectivity index (χ3v) is 3.55. The third kappa shape index (κ3) is 3.10. The summed E-state index contributed by atoms with van der Waals surface area (Å²) in [5.74, 6) is -0.229. The van der Waals surface area contributed by atoms with Crippen molar-refractivity contribution in [1.29, 1.82) is 0 Å². The maximum Gasteiger partial charge on any atom is 0.124 e. The molecule has 0 bridgehead atoms. The van der Waals surface area contributed by atoms with E-state index in [2.05, 4.69) is 47.2 Å². The molecule has 2 aromatic rings. The maximum absolute atomic E-state index is 13.0. The average molecular weight is 308 g/mol. The van der Waals surface area contributed by atoms with Gasteiger partial charge in [-0.2, -0.15) is 0 Å². The molecular weight excluding hydrogens is 293 g/mol. The molecule has 0 spiro atoms. The first kappa shape index (κ1) is 13.1. The standard InChI is InChI=1S/C15H15BrFN/c1-10-3-6-13(7-4-10)18-11(2)14-8-5-12(17)9-15(14)16/h3-9,11,18H,1-2H3. The van der Waals surface area contributed by atoms with E-state index in [1.165, 1.54) is 17.7 Å². The topological polar surface area (TPSA) is 12.0 Å². The number of aryl methyl sites for hydroxylation is 1. The van der Waals surface area contributed by atoms with Gasteiger partial charge in [0.2, 0.25) is 0 Å². The summed E-state index contributed by atoms with van der Waals surface area (Å²) in [6, 6.07) is 13.1. The van der Waals surface area contributed by atoms with Crippen molar-refractivity contribution in [2.45, 2.75) is 19.9 Å². The molecule has 1 nitrogen and oxygen atoms in total. The van der Waals surface area contributed by atoms with Gasteiger partial charge < -0.3 is 5.32 Å². The highest BCUT2D eigenvalue weighted by Gasteiger charge is 2.09. The third-order valence-electron chi connectivity index (χ3n) is 2.86. The summed E-state index contributed by atoms with van der Waals surface area (Å²) in [6.45, 7) is 4.11. The van der Waals surface area contributed by atoms with Crippen LogP contribution in [0.3, 0.4) is 0 Å². The lowest BCUT2D eigenvalue weighted by atomic mass is 10.1. The zero-order valence-corrected chi connectivity index (χ0v) is 12.0. The number of anilines is 1. The Morgan fingerprint density at radius 2 is 1.78 bits per heavy atom. The molecule has 0 saturated carbocycles. The molecule has 1 N–H and O–H groups in total.